The molecule has 0 aromatic heterocycles. The summed E-state index contributed by atoms with van der Waals surface area (Å²) in [6.07, 6.45) is -4.90. The number of halogens is 4. The fourth-order valence-electron chi connectivity index (χ4n) is 4.90. The molecule has 2 unspecified atom stereocenters. The van der Waals surface area contributed by atoms with Crippen molar-refractivity contribution in [2.45, 2.75) is 45.0 Å². The van der Waals surface area contributed by atoms with Gasteiger partial charge in [0.1, 0.15) is 5.82 Å². The molecular weight excluding hydrogens is 454 g/mol. The van der Waals surface area contributed by atoms with Gasteiger partial charge in [0, 0.05) is 55.5 Å². The van der Waals surface area contributed by atoms with Crippen LogP contribution in [0.3, 0.4) is 0 Å². The Bertz CT molecular complexity index is 1000. The molecular formula is C24H29F4N3O3. The van der Waals surface area contributed by atoms with Gasteiger partial charge in [-0.1, -0.05) is 19.1 Å². The van der Waals surface area contributed by atoms with Gasteiger partial charge in [0.15, 0.2) is 0 Å². The Hall–Kier alpha value is -2.72. The van der Waals surface area contributed by atoms with Crippen LogP contribution in [0.2, 0.25) is 0 Å². The lowest BCUT2D eigenvalue weighted by atomic mass is 9.77. The van der Waals surface area contributed by atoms with Crippen LogP contribution >= 0.6 is 0 Å². The molecule has 1 fully saturated rings. The third-order valence-electron chi connectivity index (χ3n) is 6.87. The molecule has 2 atom stereocenters. The lowest BCUT2D eigenvalue weighted by Gasteiger charge is -2.49. The molecule has 3 rings (SSSR count). The predicted molar refractivity (Wildman–Crippen MR) is 121 cm³/mol. The molecule has 0 spiro atoms. The Labute approximate surface area is 195 Å². The van der Waals surface area contributed by atoms with Gasteiger partial charge in [-0.15, -0.1) is 0 Å². The van der Waals surface area contributed by atoms with E-state index in [2.05, 4.69) is 4.90 Å². The maximum Gasteiger partial charge on any atom is 0.418 e. The van der Waals surface area contributed by atoms with Crippen LogP contribution in [0.5, 0.6) is 0 Å². The van der Waals surface area contributed by atoms with Crippen molar-refractivity contribution in [3.05, 3.63) is 69.5 Å². The average molecular weight is 484 g/mol. The summed E-state index contributed by atoms with van der Waals surface area (Å²) in [5.74, 6) is -0.585. The van der Waals surface area contributed by atoms with Crippen LogP contribution in [-0.4, -0.2) is 46.6 Å². The first-order chi connectivity index (χ1) is 15.9. The Morgan fingerprint density at radius 1 is 1.06 bits per heavy atom. The summed E-state index contributed by atoms with van der Waals surface area (Å²) < 4.78 is 54.2. The van der Waals surface area contributed by atoms with Crippen molar-refractivity contribution in [1.29, 1.82) is 0 Å². The molecule has 0 saturated carbocycles. The molecule has 0 aliphatic carbocycles. The second-order valence-electron chi connectivity index (χ2n) is 9.10. The number of aliphatic hydroxyl groups excluding tert-OH is 1. The smallest absolute Gasteiger partial charge is 0.388 e. The highest BCUT2D eigenvalue weighted by Gasteiger charge is 2.41. The van der Waals surface area contributed by atoms with E-state index in [-0.39, 0.29) is 17.4 Å². The Morgan fingerprint density at radius 3 is 2.15 bits per heavy atom. The summed E-state index contributed by atoms with van der Waals surface area (Å²) >= 11 is 0. The normalized spacial score (nSPS) is 17.5. The van der Waals surface area contributed by atoms with E-state index < -0.39 is 34.0 Å². The van der Waals surface area contributed by atoms with Crippen molar-refractivity contribution in [3.8, 4) is 0 Å². The van der Waals surface area contributed by atoms with Gasteiger partial charge in [-0.25, -0.2) is 4.39 Å². The molecule has 186 valence electrons. The number of rotatable bonds is 7. The lowest BCUT2D eigenvalue weighted by Crippen LogP contribution is -2.58. The van der Waals surface area contributed by atoms with Gasteiger partial charge in [0.2, 0.25) is 0 Å². The monoisotopic (exact) mass is 483 g/mol. The second-order valence-corrected chi connectivity index (χ2v) is 9.10. The number of nitro benzene ring substituents is 1. The van der Waals surface area contributed by atoms with Crippen molar-refractivity contribution in [1.82, 2.24) is 4.90 Å². The van der Waals surface area contributed by atoms with Gasteiger partial charge < -0.3 is 10.0 Å². The SMILES string of the molecule is CCC(C(O)c1ccc(F)cc1)C(C)(C)N1CCN(c2ccc([N+](=O)[O-])cc2C(F)(F)F)CC1. The Morgan fingerprint density at radius 2 is 1.65 bits per heavy atom. The molecule has 2 aromatic rings. The minimum absolute atomic E-state index is 0.0751. The molecule has 1 aliphatic heterocycles. The number of hydrogen-bond donors (Lipinski definition) is 1. The Balaban J connectivity index is 1.78. The number of hydrogen-bond acceptors (Lipinski definition) is 5. The summed E-state index contributed by atoms with van der Waals surface area (Å²) in [5.41, 5.74) is -1.57. The third kappa shape index (κ3) is 5.33. The molecule has 2 aromatic carbocycles. The molecule has 10 heteroatoms. The predicted octanol–water partition coefficient (Wildman–Crippen LogP) is 5.41. The number of alkyl halides is 3. The molecule has 1 aliphatic rings. The van der Waals surface area contributed by atoms with E-state index in [1.165, 1.54) is 12.1 Å². The third-order valence-corrected chi connectivity index (χ3v) is 6.87. The van der Waals surface area contributed by atoms with E-state index in [9.17, 15) is 32.8 Å². The van der Waals surface area contributed by atoms with E-state index in [1.54, 1.807) is 17.0 Å². The molecule has 34 heavy (non-hydrogen) atoms. The van der Waals surface area contributed by atoms with Crippen molar-refractivity contribution in [2.24, 2.45) is 5.92 Å². The molecule has 6 nitrogen and oxygen atoms in total. The quantitative estimate of drug-likeness (QED) is 0.324. The highest BCUT2D eigenvalue weighted by Crippen LogP contribution is 2.41. The number of aliphatic hydroxyl groups is 1. The summed E-state index contributed by atoms with van der Waals surface area (Å²) in [5, 5.41) is 22.0. The highest BCUT2D eigenvalue weighted by molar-refractivity contribution is 5.59. The van der Waals surface area contributed by atoms with Gasteiger partial charge >= 0.3 is 6.18 Å². The fraction of sp³-hybridized carbons (Fsp3) is 0.500. The fourth-order valence-corrected chi connectivity index (χ4v) is 4.90. The first-order valence-electron chi connectivity index (χ1n) is 11.2. The lowest BCUT2D eigenvalue weighted by molar-refractivity contribution is -0.385. The number of anilines is 1. The topological polar surface area (TPSA) is 69.8 Å². The summed E-state index contributed by atoms with van der Waals surface area (Å²) in [7, 11) is 0. The van der Waals surface area contributed by atoms with E-state index in [1.807, 2.05) is 20.8 Å². The summed E-state index contributed by atoms with van der Waals surface area (Å²) in [6.45, 7) is 7.46. The van der Waals surface area contributed by atoms with Gasteiger partial charge in [-0.2, -0.15) is 13.2 Å². The van der Waals surface area contributed by atoms with Crippen LogP contribution in [0.15, 0.2) is 42.5 Å². The minimum Gasteiger partial charge on any atom is -0.388 e. The molecule has 0 amide bonds. The van der Waals surface area contributed by atoms with Crippen LogP contribution in [0.4, 0.5) is 28.9 Å². The van der Waals surface area contributed by atoms with Crippen LogP contribution < -0.4 is 4.90 Å². The van der Waals surface area contributed by atoms with Gasteiger partial charge in [0.05, 0.1) is 16.6 Å². The standard InChI is InChI=1S/C24H29F4N3O3/c1-4-19(22(32)16-5-7-17(25)8-6-16)23(2,3)30-13-11-29(12-14-30)21-10-9-18(31(33)34)15-20(21)24(26,27)28/h5-10,15,19,22,32H,4,11-14H2,1-3H3. The number of non-ortho nitro benzene ring substituents is 1. The van der Waals surface area contributed by atoms with Crippen molar-refractivity contribution < 1.29 is 27.6 Å². The average Bonchev–Trinajstić information content (AvgIpc) is 2.79. The maximum atomic E-state index is 13.6. The van der Waals surface area contributed by atoms with Crippen LogP contribution in [0.25, 0.3) is 0 Å². The van der Waals surface area contributed by atoms with E-state index in [0.29, 0.717) is 44.2 Å². The largest absolute Gasteiger partial charge is 0.418 e. The zero-order chi connectivity index (χ0) is 25.3. The second kappa shape index (κ2) is 9.87. The molecule has 1 heterocycles. The number of nitrogens with zero attached hydrogens (tertiary/aromatic N) is 3. The van der Waals surface area contributed by atoms with Crippen molar-refractivity contribution in [3.63, 3.8) is 0 Å². The van der Waals surface area contributed by atoms with Crippen molar-refractivity contribution in [2.75, 3.05) is 31.1 Å². The number of nitro groups is 1. The molecule has 1 N–H and O–H groups in total. The Kier molecular flexibility index (Phi) is 7.52. The summed E-state index contributed by atoms with van der Waals surface area (Å²) in [6, 6.07) is 8.56. The maximum absolute atomic E-state index is 13.6. The first-order valence-corrected chi connectivity index (χ1v) is 11.2. The van der Waals surface area contributed by atoms with Gasteiger partial charge in [-0.3, -0.25) is 15.0 Å². The van der Waals surface area contributed by atoms with Crippen molar-refractivity contribution >= 4 is 11.4 Å². The molecule has 1 saturated heterocycles. The van der Waals surface area contributed by atoms with Gasteiger partial charge in [-0.05, 0) is 44.0 Å². The summed E-state index contributed by atoms with van der Waals surface area (Å²) in [4.78, 5) is 13.9. The zero-order valence-electron chi connectivity index (χ0n) is 19.3. The van der Waals surface area contributed by atoms with Gasteiger partial charge in [0.25, 0.3) is 5.69 Å². The highest BCUT2D eigenvalue weighted by atomic mass is 19.4. The van der Waals surface area contributed by atoms with E-state index in [4.69, 9.17) is 0 Å². The molecule has 0 radical (unpaired) electrons. The molecule has 0 bridgehead atoms. The number of benzene rings is 2. The zero-order valence-corrected chi connectivity index (χ0v) is 19.3. The van der Waals surface area contributed by atoms with Crippen LogP contribution in [-0.2, 0) is 6.18 Å². The van der Waals surface area contributed by atoms with Crippen LogP contribution in [0.1, 0.15) is 44.4 Å². The van der Waals surface area contributed by atoms with E-state index in [0.717, 1.165) is 12.1 Å². The van der Waals surface area contributed by atoms with Crippen LogP contribution in [0, 0.1) is 21.8 Å². The van der Waals surface area contributed by atoms with E-state index >= 15 is 0 Å². The minimum atomic E-state index is -4.72. The first kappa shape index (κ1) is 25.9. The number of piperazine rings is 1.